The first kappa shape index (κ1) is 19.7. The molecule has 2 amide bonds. The zero-order valence-corrected chi connectivity index (χ0v) is 18.2. The first-order valence-corrected chi connectivity index (χ1v) is 12.0. The number of urea groups is 1. The van der Waals surface area contributed by atoms with E-state index in [2.05, 4.69) is 27.5 Å². The molecule has 0 spiro atoms. The van der Waals surface area contributed by atoms with Crippen molar-refractivity contribution >= 4 is 34.8 Å². The van der Waals surface area contributed by atoms with E-state index in [9.17, 15) is 4.79 Å². The van der Waals surface area contributed by atoms with E-state index in [1.807, 2.05) is 35.4 Å². The largest absolute Gasteiger partial charge is 0.324 e. The number of aryl methyl sites for hydroxylation is 1. The predicted molar refractivity (Wildman–Crippen MR) is 117 cm³/mol. The number of hydrogen-bond donors (Lipinski definition) is 1. The summed E-state index contributed by atoms with van der Waals surface area (Å²) in [6.07, 6.45) is 4.37. The number of thiazole rings is 1. The van der Waals surface area contributed by atoms with Crippen molar-refractivity contribution in [3.63, 3.8) is 0 Å². The third kappa shape index (κ3) is 4.53. The third-order valence-electron chi connectivity index (χ3n) is 5.90. The van der Waals surface area contributed by atoms with Gasteiger partial charge in [0.1, 0.15) is 0 Å². The Bertz CT molecular complexity index is 808. The molecule has 2 aliphatic rings. The minimum Gasteiger partial charge on any atom is -0.324 e. The Morgan fingerprint density at radius 1 is 1.25 bits per heavy atom. The average molecular weight is 417 g/mol. The minimum atomic E-state index is 0.0457. The van der Waals surface area contributed by atoms with E-state index in [4.69, 9.17) is 0 Å². The molecule has 1 N–H and O–H groups in total. The van der Waals surface area contributed by atoms with Crippen LogP contribution in [0.25, 0.3) is 0 Å². The number of carbonyl (C=O) groups excluding carboxylic acids is 1. The standard InChI is InChI=1S/C21H28N4OS2/c1-15-22-18(14-28-15)13-24-9-7-16-11-25(12-17(16)8-10-24)21(26)23-19-5-3-4-6-20(19)27-2/h3-6,14,16-17H,7-13H2,1-2H3,(H,23,26)/t16-,17+. The van der Waals surface area contributed by atoms with E-state index in [1.54, 1.807) is 23.1 Å². The van der Waals surface area contributed by atoms with Crippen molar-refractivity contribution in [1.82, 2.24) is 14.8 Å². The van der Waals surface area contributed by atoms with Crippen LogP contribution < -0.4 is 5.32 Å². The highest BCUT2D eigenvalue weighted by atomic mass is 32.2. The van der Waals surface area contributed by atoms with Crippen LogP contribution in [0.3, 0.4) is 0 Å². The minimum absolute atomic E-state index is 0.0457. The highest BCUT2D eigenvalue weighted by Crippen LogP contribution is 2.33. The molecule has 1 aromatic carbocycles. The van der Waals surface area contributed by atoms with Gasteiger partial charge in [-0.25, -0.2) is 9.78 Å². The summed E-state index contributed by atoms with van der Waals surface area (Å²) < 4.78 is 0. The van der Waals surface area contributed by atoms with E-state index in [-0.39, 0.29) is 6.03 Å². The molecule has 4 rings (SSSR count). The number of amides is 2. The van der Waals surface area contributed by atoms with Gasteiger partial charge in [0.25, 0.3) is 0 Å². The first-order valence-electron chi connectivity index (χ1n) is 9.94. The summed E-state index contributed by atoms with van der Waals surface area (Å²) in [5.41, 5.74) is 2.11. The van der Waals surface area contributed by atoms with Gasteiger partial charge in [0, 0.05) is 29.9 Å². The van der Waals surface area contributed by atoms with Gasteiger partial charge in [-0.2, -0.15) is 0 Å². The maximum Gasteiger partial charge on any atom is 0.321 e. The number of anilines is 1. The average Bonchev–Trinajstić information content (AvgIpc) is 3.25. The Kier molecular flexibility index (Phi) is 6.23. The van der Waals surface area contributed by atoms with Crippen LogP contribution in [0.2, 0.25) is 0 Å². The molecule has 2 aliphatic heterocycles. The highest BCUT2D eigenvalue weighted by molar-refractivity contribution is 7.98. The Balaban J connectivity index is 1.31. The fourth-order valence-electron chi connectivity index (χ4n) is 4.38. The van der Waals surface area contributed by atoms with Crippen LogP contribution in [0.1, 0.15) is 23.5 Å². The second kappa shape index (κ2) is 8.84. The maximum absolute atomic E-state index is 12.8. The number of benzene rings is 1. The quantitative estimate of drug-likeness (QED) is 0.743. The Hall–Kier alpha value is -1.57. The van der Waals surface area contributed by atoms with Gasteiger partial charge in [-0.3, -0.25) is 4.90 Å². The van der Waals surface area contributed by atoms with Gasteiger partial charge in [-0.1, -0.05) is 12.1 Å². The van der Waals surface area contributed by atoms with E-state index in [1.165, 1.54) is 18.5 Å². The molecule has 0 radical (unpaired) electrons. The predicted octanol–water partition coefficient (Wildman–Crippen LogP) is 4.55. The van der Waals surface area contributed by atoms with Crippen LogP contribution in [-0.4, -0.2) is 53.2 Å². The summed E-state index contributed by atoms with van der Waals surface area (Å²) >= 11 is 3.39. The first-order chi connectivity index (χ1) is 13.6. The molecule has 2 saturated heterocycles. The molecule has 1 aromatic heterocycles. The van der Waals surface area contributed by atoms with Crippen LogP contribution in [0.5, 0.6) is 0 Å². The monoisotopic (exact) mass is 416 g/mol. The number of hydrogen-bond acceptors (Lipinski definition) is 5. The summed E-state index contributed by atoms with van der Waals surface area (Å²) in [6, 6.07) is 8.06. The number of rotatable bonds is 4. The third-order valence-corrected chi connectivity index (χ3v) is 7.51. The van der Waals surface area contributed by atoms with Crippen molar-refractivity contribution in [3.05, 3.63) is 40.3 Å². The molecule has 2 aromatic rings. The summed E-state index contributed by atoms with van der Waals surface area (Å²) in [5, 5.41) is 6.45. The van der Waals surface area contributed by atoms with E-state index in [0.717, 1.165) is 48.3 Å². The number of aromatic nitrogens is 1. The summed E-state index contributed by atoms with van der Waals surface area (Å²) in [6.45, 7) is 6.98. The lowest BCUT2D eigenvalue weighted by atomic mass is 9.92. The van der Waals surface area contributed by atoms with Gasteiger partial charge in [0.2, 0.25) is 0 Å². The molecule has 3 heterocycles. The lowest BCUT2D eigenvalue weighted by Crippen LogP contribution is -2.34. The zero-order valence-electron chi connectivity index (χ0n) is 16.6. The van der Waals surface area contributed by atoms with Crippen LogP contribution in [0.15, 0.2) is 34.5 Å². The Morgan fingerprint density at radius 2 is 1.96 bits per heavy atom. The lowest BCUT2D eigenvalue weighted by molar-refractivity contribution is 0.215. The van der Waals surface area contributed by atoms with Crippen molar-refractivity contribution in [2.45, 2.75) is 31.2 Å². The van der Waals surface area contributed by atoms with Crippen molar-refractivity contribution in [1.29, 1.82) is 0 Å². The molecule has 28 heavy (non-hydrogen) atoms. The van der Waals surface area contributed by atoms with E-state index in [0.29, 0.717) is 11.8 Å². The van der Waals surface area contributed by atoms with Gasteiger partial charge < -0.3 is 10.2 Å². The van der Waals surface area contributed by atoms with Crippen LogP contribution in [0.4, 0.5) is 10.5 Å². The van der Waals surface area contributed by atoms with E-state index >= 15 is 0 Å². The number of thioether (sulfide) groups is 1. The fraction of sp³-hybridized carbons (Fsp3) is 0.524. The molecular weight excluding hydrogens is 388 g/mol. The van der Waals surface area contributed by atoms with Gasteiger partial charge >= 0.3 is 6.03 Å². The lowest BCUT2D eigenvalue weighted by Gasteiger charge is -2.22. The number of likely N-dealkylation sites (tertiary alicyclic amines) is 2. The van der Waals surface area contributed by atoms with Gasteiger partial charge in [0.05, 0.1) is 16.4 Å². The molecule has 2 fully saturated rings. The molecule has 0 unspecified atom stereocenters. The van der Waals surface area contributed by atoms with Crippen molar-refractivity contribution in [2.75, 3.05) is 37.8 Å². The highest BCUT2D eigenvalue weighted by Gasteiger charge is 2.37. The molecule has 0 saturated carbocycles. The molecule has 7 heteroatoms. The van der Waals surface area contributed by atoms with Crippen LogP contribution >= 0.6 is 23.1 Å². The molecule has 2 atom stereocenters. The topological polar surface area (TPSA) is 48.5 Å². The van der Waals surface area contributed by atoms with Gasteiger partial charge in [-0.15, -0.1) is 23.1 Å². The van der Waals surface area contributed by atoms with Crippen molar-refractivity contribution in [2.24, 2.45) is 11.8 Å². The summed E-state index contributed by atoms with van der Waals surface area (Å²) in [5.74, 6) is 1.23. The number of nitrogens with one attached hydrogen (secondary N) is 1. The fourth-order valence-corrected chi connectivity index (χ4v) is 5.53. The maximum atomic E-state index is 12.8. The molecular formula is C21H28N4OS2. The van der Waals surface area contributed by atoms with Crippen LogP contribution in [-0.2, 0) is 6.54 Å². The van der Waals surface area contributed by atoms with E-state index < -0.39 is 0 Å². The van der Waals surface area contributed by atoms with Crippen molar-refractivity contribution in [3.8, 4) is 0 Å². The number of carbonyl (C=O) groups is 1. The number of para-hydroxylation sites is 1. The Morgan fingerprint density at radius 3 is 2.61 bits per heavy atom. The Labute approximate surface area is 175 Å². The molecule has 0 bridgehead atoms. The molecule has 5 nitrogen and oxygen atoms in total. The summed E-state index contributed by atoms with van der Waals surface area (Å²) in [4.78, 5) is 23.1. The second-order valence-corrected chi connectivity index (χ2v) is 9.68. The van der Waals surface area contributed by atoms with Crippen LogP contribution in [0, 0.1) is 18.8 Å². The number of nitrogens with zero attached hydrogens (tertiary/aromatic N) is 3. The second-order valence-electron chi connectivity index (χ2n) is 7.77. The van der Waals surface area contributed by atoms with Gasteiger partial charge in [-0.05, 0) is 63.1 Å². The van der Waals surface area contributed by atoms with Gasteiger partial charge in [0.15, 0.2) is 0 Å². The molecule has 0 aliphatic carbocycles. The zero-order chi connectivity index (χ0) is 19.5. The summed E-state index contributed by atoms with van der Waals surface area (Å²) in [7, 11) is 0. The number of fused-ring (bicyclic) bond motifs is 1. The normalized spacial score (nSPS) is 22.7. The smallest absolute Gasteiger partial charge is 0.321 e. The molecule has 150 valence electrons. The SMILES string of the molecule is CSc1ccccc1NC(=O)N1C[C@H]2CCN(Cc3csc(C)n3)CC[C@H]2C1. The van der Waals surface area contributed by atoms with Crippen molar-refractivity contribution < 1.29 is 4.79 Å².